The van der Waals surface area contributed by atoms with E-state index in [0.717, 1.165) is 35.6 Å². The fourth-order valence-corrected chi connectivity index (χ4v) is 3.61. The van der Waals surface area contributed by atoms with Gasteiger partial charge in [0.1, 0.15) is 7.85 Å². The minimum Gasteiger partial charge on any atom is -0.371 e. The number of rotatable bonds is 3. The molecule has 0 spiro atoms. The van der Waals surface area contributed by atoms with Crippen molar-refractivity contribution in [3.8, 4) is 11.1 Å². The molecule has 3 rings (SSSR count). The Bertz CT molecular complexity index is 625. The quantitative estimate of drug-likeness (QED) is 0.882. The van der Waals surface area contributed by atoms with Gasteiger partial charge in [0.15, 0.2) is 0 Å². The van der Waals surface area contributed by atoms with Crippen molar-refractivity contribution in [2.24, 2.45) is 5.73 Å². The molecule has 2 radical (unpaired) electrons. The average Bonchev–Trinajstić information content (AvgIpc) is 2.89. The van der Waals surface area contributed by atoms with Crippen LogP contribution >= 0.6 is 11.3 Å². The van der Waals surface area contributed by atoms with Gasteiger partial charge in [0, 0.05) is 29.7 Å². The molecule has 2 aromatic rings. The SMILES string of the molecule is [B]c1cc(-c2ccc(N3CCC(N)CC3)cc2)c(C=C)s1. The lowest BCUT2D eigenvalue weighted by atomic mass is 10.0. The average molecular weight is 294 g/mol. The van der Waals surface area contributed by atoms with Crippen LogP contribution in [-0.2, 0) is 0 Å². The lowest BCUT2D eigenvalue weighted by molar-refractivity contribution is 0.501. The Morgan fingerprint density at radius 2 is 1.90 bits per heavy atom. The summed E-state index contributed by atoms with van der Waals surface area (Å²) in [6.07, 6.45) is 4.02. The van der Waals surface area contributed by atoms with E-state index in [4.69, 9.17) is 13.6 Å². The zero-order valence-corrected chi connectivity index (χ0v) is 12.9. The van der Waals surface area contributed by atoms with Crippen LogP contribution < -0.4 is 15.4 Å². The number of hydrogen-bond donors (Lipinski definition) is 1. The Morgan fingerprint density at radius 1 is 1.24 bits per heavy atom. The van der Waals surface area contributed by atoms with Gasteiger partial charge in [-0.2, -0.15) is 11.3 Å². The molecule has 0 unspecified atom stereocenters. The van der Waals surface area contributed by atoms with E-state index in [0.29, 0.717) is 6.04 Å². The van der Waals surface area contributed by atoms with Crippen molar-refractivity contribution in [2.45, 2.75) is 18.9 Å². The third-order valence-electron chi connectivity index (χ3n) is 4.05. The zero-order valence-electron chi connectivity index (χ0n) is 12.1. The second-order valence-electron chi connectivity index (χ2n) is 5.50. The molecule has 1 aromatic heterocycles. The van der Waals surface area contributed by atoms with Crippen LogP contribution in [0.4, 0.5) is 5.69 Å². The summed E-state index contributed by atoms with van der Waals surface area (Å²) < 4.78 is 0.828. The minimum atomic E-state index is 0.365. The molecule has 1 aliphatic heterocycles. The summed E-state index contributed by atoms with van der Waals surface area (Å²) in [5.41, 5.74) is 9.59. The molecule has 1 aromatic carbocycles. The van der Waals surface area contributed by atoms with E-state index < -0.39 is 0 Å². The maximum atomic E-state index is 5.96. The first-order valence-corrected chi connectivity index (χ1v) is 8.11. The van der Waals surface area contributed by atoms with Gasteiger partial charge in [-0.1, -0.05) is 30.9 Å². The normalized spacial score (nSPS) is 16.1. The Hall–Kier alpha value is -1.52. The van der Waals surface area contributed by atoms with Crippen molar-refractivity contribution < 1.29 is 0 Å². The molecule has 0 amide bonds. The molecule has 2 N–H and O–H groups in total. The third-order valence-corrected chi connectivity index (χ3v) is 5.01. The van der Waals surface area contributed by atoms with Gasteiger partial charge in [-0.25, -0.2) is 0 Å². The first kappa shape index (κ1) is 14.4. The van der Waals surface area contributed by atoms with E-state index in [1.54, 1.807) is 11.3 Å². The number of nitrogens with zero attached hydrogens (tertiary/aromatic N) is 1. The summed E-state index contributed by atoms with van der Waals surface area (Å²) in [6, 6.07) is 11.1. The fraction of sp³-hybridized carbons (Fsp3) is 0.294. The van der Waals surface area contributed by atoms with Gasteiger partial charge in [0.2, 0.25) is 0 Å². The first-order chi connectivity index (χ1) is 10.2. The van der Waals surface area contributed by atoms with Crippen LogP contribution in [0, 0.1) is 0 Å². The van der Waals surface area contributed by atoms with E-state index in [1.807, 2.05) is 12.1 Å². The summed E-state index contributed by atoms with van der Waals surface area (Å²) in [4.78, 5) is 3.54. The monoisotopic (exact) mass is 294 g/mol. The molecule has 21 heavy (non-hydrogen) atoms. The van der Waals surface area contributed by atoms with Crippen molar-refractivity contribution in [1.82, 2.24) is 0 Å². The largest absolute Gasteiger partial charge is 0.371 e. The third kappa shape index (κ3) is 3.06. The molecule has 0 aliphatic carbocycles. The van der Waals surface area contributed by atoms with Gasteiger partial charge in [-0.3, -0.25) is 0 Å². The number of hydrogen-bond acceptors (Lipinski definition) is 3. The van der Waals surface area contributed by atoms with Crippen molar-refractivity contribution >= 4 is 35.7 Å². The van der Waals surface area contributed by atoms with Crippen LogP contribution in [0.5, 0.6) is 0 Å². The standard InChI is InChI=1S/C17H19BN2S/c1-2-16-15(11-17(18)21-16)12-3-5-14(6-4-12)20-9-7-13(19)8-10-20/h2-6,11,13H,1,7-10,19H2. The van der Waals surface area contributed by atoms with E-state index in [-0.39, 0.29) is 0 Å². The predicted molar refractivity (Wildman–Crippen MR) is 94.7 cm³/mol. The molecule has 2 nitrogen and oxygen atoms in total. The van der Waals surface area contributed by atoms with Gasteiger partial charge in [-0.15, -0.1) is 0 Å². The number of thiophene rings is 1. The maximum Gasteiger partial charge on any atom is 0.128 e. The smallest absolute Gasteiger partial charge is 0.128 e. The highest BCUT2D eigenvalue weighted by Crippen LogP contribution is 2.30. The molecule has 0 bridgehead atoms. The summed E-state index contributed by atoms with van der Waals surface area (Å²) >= 11 is 1.58. The second kappa shape index (κ2) is 6.08. The highest BCUT2D eigenvalue weighted by molar-refractivity contribution is 7.21. The molecule has 1 saturated heterocycles. The lowest BCUT2D eigenvalue weighted by Crippen LogP contribution is -2.39. The maximum absolute atomic E-state index is 5.96. The summed E-state index contributed by atoms with van der Waals surface area (Å²) in [5.74, 6) is 0. The Balaban J connectivity index is 1.82. The molecule has 106 valence electrons. The van der Waals surface area contributed by atoms with E-state index in [1.165, 1.54) is 16.8 Å². The fourth-order valence-electron chi connectivity index (χ4n) is 2.81. The highest BCUT2D eigenvalue weighted by Gasteiger charge is 2.16. The predicted octanol–water partition coefficient (Wildman–Crippen LogP) is 2.78. The Labute approximate surface area is 131 Å². The van der Waals surface area contributed by atoms with E-state index >= 15 is 0 Å². The van der Waals surface area contributed by atoms with Crippen molar-refractivity contribution in [2.75, 3.05) is 18.0 Å². The van der Waals surface area contributed by atoms with Crippen LogP contribution in [-0.4, -0.2) is 27.0 Å². The van der Waals surface area contributed by atoms with Gasteiger partial charge in [0.05, 0.1) is 0 Å². The van der Waals surface area contributed by atoms with Gasteiger partial charge in [0.25, 0.3) is 0 Å². The van der Waals surface area contributed by atoms with Crippen molar-refractivity contribution in [3.05, 3.63) is 41.8 Å². The van der Waals surface area contributed by atoms with Gasteiger partial charge in [-0.05, 0) is 40.9 Å². The van der Waals surface area contributed by atoms with Crippen LogP contribution in [0.3, 0.4) is 0 Å². The van der Waals surface area contributed by atoms with Gasteiger partial charge < -0.3 is 10.6 Å². The minimum absolute atomic E-state index is 0.365. The topological polar surface area (TPSA) is 29.3 Å². The zero-order chi connectivity index (χ0) is 14.8. The van der Waals surface area contributed by atoms with E-state index in [2.05, 4.69) is 35.7 Å². The lowest BCUT2D eigenvalue weighted by Gasteiger charge is -2.32. The number of piperidine rings is 1. The van der Waals surface area contributed by atoms with Crippen molar-refractivity contribution in [3.63, 3.8) is 0 Å². The van der Waals surface area contributed by atoms with Crippen LogP contribution in [0.1, 0.15) is 17.7 Å². The van der Waals surface area contributed by atoms with Gasteiger partial charge >= 0.3 is 0 Å². The Morgan fingerprint density at radius 3 is 2.52 bits per heavy atom. The molecule has 1 fully saturated rings. The van der Waals surface area contributed by atoms with E-state index in [9.17, 15) is 0 Å². The molecular weight excluding hydrogens is 275 g/mol. The molecular formula is C17H19BN2S. The molecule has 4 heteroatoms. The van der Waals surface area contributed by atoms with Crippen LogP contribution in [0.15, 0.2) is 36.9 Å². The Kier molecular flexibility index (Phi) is 4.18. The number of anilines is 1. The number of benzene rings is 1. The van der Waals surface area contributed by atoms with Crippen LogP contribution in [0.25, 0.3) is 17.2 Å². The molecule has 0 atom stereocenters. The second-order valence-corrected chi connectivity index (χ2v) is 6.62. The summed E-state index contributed by atoms with van der Waals surface area (Å²) in [6.45, 7) is 5.95. The first-order valence-electron chi connectivity index (χ1n) is 7.30. The highest BCUT2D eigenvalue weighted by atomic mass is 32.1. The van der Waals surface area contributed by atoms with Crippen molar-refractivity contribution in [1.29, 1.82) is 0 Å². The molecule has 0 saturated carbocycles. The summed E-state index contributed by atoms with van der Waals surface area (Å²) in [7, 11) is 5.90. The van der Waals surface area contributed by atoms with Crippen LogP contribution in [0.2, 0.25) is 0 Å². The molecule has 2 heterocycles. The number of nitrogens with two attached hydrogens (primary N) is 1. The summed E-state index contributed by atoms with van der Waals surface area (Å²) in [5, 5.41) is 0. The molecule has 1 aliphatic rings.